The Morgan fingerprint density at radius 1 is 0.786 bits per heavy atom. The maximum absolute atomic E-state index is 7.89. The minimum absolute atomic E-state index is 0. The molecule has 4 heteroatoms. The van der Waals surface area contributed by atoms with Crippen LogP contribution >= 0.6 is 0 Å². The monoisotopic (exact) mass is 200 g/mol. The molecule has 4 nitrogen and oxygen atoms in total. The topological polar surface area (TPSA) is 118 Å². The molecule has 0 heterocycles. The average Bonchev–Trinajstić information content (AvgIpc) is 2.09. The summed E-state index contributed by atoms with van der Waals surface area (Å²) in [5.74, 6) is 0.380. The second-order valence-electron chi connectivity index (χ2n) is 2.57. The molecule has 0 aromatic heterocycles. The van der Waals surface area contributed by atoms with Crippen molar-refractivity contribution in [1.29, 1.82) is 10.5 Å². The number of nitriles is 2. The molecule has 0 unspecified atom stereocenters. The molecule has 0 rings (SSSR count). The fourth-order valence-corrected chi connectivity index (χ4v) is 0. The molecule has 0 fully saturated rings. The second kappa shape index (κ2) is 29.9. The molecule has 14 heavy (non-hydrogen) atoms. The molecule has 0 saturated heterocycles. The summed E-state index contributed by atoms with van der Waals surface area (Å²) in [6.45, 7) is 13.4. The van der Waals surface area contributed by atoms with E-state index in [9.17, 15) is 0 Å². The molecular formula is C10H24N4. The van der Waals surface area contributed by atoms with Gasteiger partial charge in [-0.15, -0.1) is 13.2 Å². The Morgan fingerprint density at radius 2 is 0.857 bits per heavy atom. The van der Waals surface area contributed by atoms with Crippen LogP contribution in [0.2, 0.25) is 0 Å². The molecule has 0 bridgehead atoms. The lowest BCUT2D eigenvalue weighted by molar-refractivity contribution is 0.849. The Kier molecular flexibility index (Phi) is 62.6. The van der Waals surface area contributed by atoms with Gasteiger partial charge in [0.1, 0.15) is 0 Å². The first kappa shape index (κ1) is 29.3. The van der Waals surface area contributed by atoms with Crippen molar-refractivity contribution >= 4 is 0 Å². The first-order valence-corrected chi connectivity index (χ1v) is 3.83. The number of hydrogen-bond acceptors (Lipinski definition) is 4. The summed E-state index contributed by atoms with van der Waals surface area (Å²) in [4.78, 5) is 0. The van der Waals surface area contributed by atoms with Crippen molar-refractivity contribution in [3.05, 3.63) is 13.2 Å². The third-order valence-electron chi connectivity index (χ3n) is 0.516. The van der Waals surface area contributed by atoms with Gasteiger partial charge >= 0.3 is 0 Å². The highest BCUT2D eigenvalue weighted by Crippen LogP contribution is 1.82. The van der Waals surface area contributed by atoms with Crippen LogP contribution in [0.3, 0.4) is 0 Å². The van der Waals surface area contributed by atoms with Gasteiger partial charge in [-0.1, -0.05) is 0 Å². The Morgan fingerprint density at radius 3 is 0.857 bits per heavy atom. The van der Waals surface area contributed by atoms with E-state index in [0.717, 1.165) is 0 Å². The fourth-order valence-electron chi connectivity index (χ4n) is 0. The van der Waals surface area contributed by atoms with Gasteiger partial charge in [-0.3, -0.25) is 0 Å². The van der Waals surface area contributed by atoms with E-state index in [2.05, 4.69) is 13.2 Å². The lowest BCUT2D eigenvalue weighted by Gasteiger charge is -1.75. The van der Waals surface area contributed by atoms with Crippen LogP contribution in [-0.4, -0.2) is 0 Å². The van der Waals surface area contributed by atoms with Crippen LogP contribution in [0.1, 0.15) is 27.7 Å². The third kappa shape index (κ3) is 142. The van der Waals surface area contributed by atoms with Crippen LogP contribution in [0.4, 0.5) is 0 Å². The molecule has 0 aliphatic rings. The maximum Gasteiger partial charge on any atom is 0.0649 e. The molecule has 84 valence electrons. The minimum Gasteiger partial charge on any atom is -0.344 e. The highest BCUT2D eigenvalue weighted by Gasteiger charge is 1.79. The lowest BCUT2D eigenvalue weighted by Crippen LogP contribution is -1.72. The van der Waals surface area contributed by atoms with Crippen LogP contribution in [-0.2, 0) is 0 Å². The zero-order valence-electron chi connectivity index (χ0n) is 9.88. The van der Waals surface area contributed by atoms with Crippen molar-refractivity contribution < 1.29 is 0 Å². The summed E-state index contributed by atoms with van der Waals surface area (Å²) >= 11 is 0. The van der Waals surface area contributed by atoms with Gasteiger partial charge in [0.25, 0.3) is 0 Å². The van der Waals surface area contributed by atoms with Crippen LogP contribution in [0.15, 0.2) is 13.2 Å². The van der Waals surface area contributed by atoms with Crippen molar-refractivity contribution in [2.45, 2.75) is 27.7 Å². The molecule has 0 amide bonds. The van der Waals surface area contributed by atoms with E-state index < -0.39 is 0 Å². The third-order valence-corrected chi connectivity index (χ3v) is 0.516. The van der Waals surface area contributed by atoms with Crippen LogP contribution in [0.5, 0.6) is 0 Å². The SMILES string of the molecule is C=C.CC(C)C#N.CC(C)C#N.N.N. The largest absolute Gasteiger partial charge is 0.344 e. The smallest absolute Gasteiger partial charge is 0.0649 e. The molecule has 0 atom stereocenters. The molecule has 0 spiro atoms. The second-order valence-corrected chi connectivity index (χ2v) is 2.57. The van der Waals surface area contributed by atoms with Crippen LogP contribution in [0, 0.1) is 34.5 Å². The van der Waals surface area contributed by atoms with Gasteiger partial charge in [-0.2, -0.15) is 10.5 Å². The molecular weight excluding hydrogens is 176 g/mol. The molecule has 6 N–H and O–H groups in total. The van der Waals surface area contributed by atoms with Crippen molar-refractivity contribution in [2.24, 2.45) is 11.8 Å². The lowest BCUT2D eigenvalue weighted by atomic mass is 10.3. The first-order valence-electron chi connectivity index (χ1n) is 3.83. The normalized spacial score (nSPS) is 5.71. The highest BCUT2D eigenvalue weighted by molar-refractivity contribution is 4.73. The predicted molar refractivity (Wildman–Crippen MR) is 62.2 cm³/mol. The number of rotatable bonds is 0. The standard InChI is InChI=1S/2C4H7N.C2H4.2H3N/c2*1-4(2)3-5;1-2;;/h2*4H,1-2H3;1-2H2;2*1H3. The van der Waals surface area contributed by atoms with Gasteiger partial charge in [0.15, 0.2) is 0 Å². The molecule has 0 saturated carbocycles. The van der Waals surface area contributed by atoms with Crippen LogP contribution < -0.4 is 12.3 Å². The Labute approximate surface area is 88.4 Å². The molecule has 0 radical (unpaired) electrons. The minimum atomic E-state index is 0. The van der Waals surface area contributed by atoms with E-state index in [1.165, 1.54) is 0 Å². The summed E-state index contributed by atoms with van der Waals surface area (Å²) in [6.07, 6.45) is 0. The summed E-state index contributed by atoms with van der Waals surface area (Å²) in [6, 6.07) is 4.06. The van der Waals surface area contributed by atoms with Gasteiger partial charge < -0.3 is 12.3 Å². The average molecular weight is 200 g/mol. The van der Waals surface area contributed by atoms with E-state index in [4.69, 9.17) is 10.5 Å². The van der Waals surface area contributed by atoms with Gasteiger partial charge in [0, 0.05) is 11.8 Å². The zero-order valence-corrected chi connectivity index (χ0v) is 9.88. The molecule has 0 aliphatic heterocycles. The van der Waals surface area contributed by atoms with Crippen molar-refractivity contribution in [2.75, 3.05) is 0 Å². The van der Waals surface area contributed by atoms with E-state index in [0.29, 0.717) is 0 Å². The van der Waals surface area contributed by atoms with E-state index in [-0.39, 0.29) is 24.1 Å². The Bertz CT molecular complexity index is 132. The summed E-state index contributed by atoms with van der Waals surface area (Å²) in [7, 11) is 0. The summed E-state index contributed by atoms with van der Waals surface area (Å²) < 4.78 is 0. The summed E-state index contributed by atoms with van der Waals surface area (Å²) in [5, 5.41) is 15.8. The van der Waals surface area contributed by atoms with Crippen molar-refractivity contribution in [1.82, 2.24) is 12.3 Å². The maximum atomic E-state index is 7.89. The molecule has 0 aliphatic carbocycles. The number of hydrogen-bond donors (Lipinski definition) is 2. The molecule has 0 aromatic carbocycles. The highest BCUT2D eigenvalue weighted by atomic mass is 14.2. The first-order chi connectivity index (χ1) is 5.54. The quantitative estimate of drug-likeness (QED) is 0.582. The van der Waals surface area contributed by atoms with Gasteiger partial charge in [-0.25, -0.2) is 0 Å². The van der Waals surface area contributed by atoms with E-state index in [1.54, 1.807) is 0 Å². The van der Waals surface area contributed by atoms with Gasteiger partial charge in [-0.05, 0) is 27.7 Å². The van der Waals surface area contributed by atoms with Crippen molar-refractivity contribution in [3.63, 3.8) is 0 Å². The molecule has 0 aromatic rings. The van der Waals surface area contributed by atoms with Crippen LogP contribution in [0.25, 0.3) is 0 Å². The van der Waals surface area contributed by atoms with Gasteiger partial charge in [0.05, 0.1) is 12.1 Å². The fraction of sp³-hybridized carbons (Fsp3) is 0.600. The van der Waals surface area contributed by atoms with Gasteiger partial charge in [0.2, 0.25) is 0 Å². The van der Waals surface area contributed by atoms with E-state index in [1.807, 2.05) is 39.8 Å². The number of nitrogens with zero attached hydrogens (tertiary/aromatic N) is 2. The van der Waals surface area contributed by atoms with Crippen molar-refractivity contribution in [3.8, 4) is 12.1 Å². The predicted octanol–water partition coefficient (Wildman–Crippen LogP) is 3.46. The van der Waals surface area contributed by atoms with E-state index >= 15 is 0 Å². The summed E-state index contributed by atoms with van der Waals surface area (Å²) in [5.41, 5.74) is 0. The Hall–Kier alpha value is -1.36. The zero-order chi connectivity index (χ0) is 10.6. The Balaban J connectivity index is -0.0000000292.